The SMILES string of the molecule is Clc1c(N(c2ccccc2)c2ccccc2)cccc1N(c1ccccc1)c1ccc2c(c1)-c1ccccc1N1B2c2ccccc2-c2ccccc21.[3H]C.c1ccc(N2c3ccccc3B3c4ccccc4N(c4ccc5c(c4)-c4ccccc4N4B5c5ccccc5-c5ccccc54)c4cccc2c43)cc1. The van der Waals surface area contributed by atoms with Gasteiger partial charge in [-0.25, -0.2) is 0 Å². The fourth-order valence-electron chi connectivity index (χ4n) is 18.0. The molecular formula is C97H68B3ClN6. The molecule has 0 saturated heterocycles. The van der Waals surface area contributed by atoms with E-state index in [1.165, 1.54) is 147 Å². The Morgan fingerprint density at radius 1 is 0.243 bits per heavy atom. The quantitative estimate of drug-likeness (QED) is 0.140. The molecule has 0 unspecified atom stereocenters. The normalized spacial score (nSPS) is 13.0. The summed E-state index contributed by atoms with van der Waals surface area (Å²) in [6, 6.07) is 141. The summed E-state index contributed by atoms with van der Waals surface area (Å²) in [7, 11) is 1.25. The highest BCUT2D eigenvalue weighted by Crippen LogP contribution is 2.53. The lowest BCUT2D eigenvalue weighted by Crippen LogP contribution is -2.61. The third-order valence-electron chi connectivity index (χ3n) is 22.3. The second-order valence-corrected chi connectivity index (χ2v) is 28.3. The number of anilines is 16. The lowest BCUT2D eigenvalue weighted by Gasteiger charge is -2.45. The minimum atomic E-state index is 0.0300. The van der Waals surface area contributed by atoms with Gasteiger partial charge in [-0.2, -0.15) is 0 Å². The van der Waals surface area contributed by atoms with Gasteiger partial charge in [0.1, 0.15) is 0 Å². The molecule has 6 aliphatic heterocycles. The molecule has 0 radical (unpaired) electrons. The van der Waals surface area contributed by atoms with Crippen LogP contribution in [0.25, 0.3) is 44.5 Å². The maximum absolute atomic E-state index is 7.63. The number of para-hydroxylation sites is 10. The highest BCUT2D eigenvalue weighted by atomic mass is 35.5. The van der Waals surface area contributed by atoms with E-state index in [2.05, 4.69) is 405 Å². The molecule has 6 nitrogen and oxygen atoms in total. The number of fused-ring (bicyclic) bond motifs is 26. The Morgan fingerprint density at radius 3 is 1.02 bits per heavy atom. The summed E-state index contributed by atoms with van der Waals surface area (Å²) in [5, 5.41) is 0.658. The van der Waals surface area contributed by atoms with Crippen LogP contribution in [-0.4, -0.2) is 20.4 Å². The Morgan fingerprint density at radius 2 is 0.561 bits per heavy atom. The molecule has 10 heteroatoms. The van der Waals surface area contributed by atoms with Gasteiger partial charge in [0.15, 0.2) is 0 Å². The molecule has 6 aliphatic rings. The van der Waals surface area contributed by atoms with Crippen molar-refractivity contribution in [1.82, 2.24) is 0 Å². The minimum Gasteiger partial charge on any atom is -0.376 e. The van der Waals surface area contributed by atoms with Crippen LogP contribution in [0.1, 0.15) is 8.77 Å². The minimum absolute atomic E-state index is 0.0300. The maximum Gasteiger partial charge on any atom is 0.329 e. The van der Waals surface area contributed by atoms with Gasteiger partial charge in [0, 0.05) is 103 Å². The van der Waals surface area contributed by atoms with E-state index >= 15 is 0 Å². The lowest BCUT2D eigenvalue weighted by atomic mass is 9.33. The Hall–Kier alpha value is -13.2. The van der Waals surface area contributed by atoms with Crippen molar-refractivity contribution in [2.45, 2.75) is 7.40 Å². The van der Waals surface area contributed by atoms with Crippen molar-refractivity contribution in [3.8, 4) is 44.5 Å². The first-order valence-corrected chi connectivity index (χ1v) is 36.9. The molecule has 0 atom stereocenters. The van der Waals surface area contributed by atoms with Gasteiger partial charge < -0.3 is 29.2 Å². The molecule has 0 fully saturated rings. The highest BCUT2D eigenvalue weighted by molar-refractivity contribution is 7.00. The summed E-state index contributed by atoms with van der Waals surface area (Å²) in [5.74, 6) is 0. The van der Waals surface area contributed by atoms with Crippen molar-refractivity contribution in [3.63, 3.8) is 0 Å². The molecule has 16 aromatic rings. The topological polar surface area (TPSA) is 19.4 Å². The first kappa shape index (κ1) is 62.4. The van der Waals surface area contributed by atoms with Crippen molar-refractivity contribution in [1.29, 1.82) is 0 Å². The number of hydrogen-bond acceptors (Lipinski definition) is 6. The van der Waals surface area contributed by atoms with Crippen LogP contribution in [-0.2, 0) is 0 Å². The Labute approximate surface area is 632 Å². The van der Waals surface area contributed by atoms with Gasteiger partial charge in [-0.15, -0.1) is 0 Å². The van der Waals surface area contributed by atoms with Crippen molar-refractivity contribution in [3.05, 3.63) is 393 Å². The number of rotatable bonds is 8. The fourth-order valence-corrected chi connectivity index (χ4v) is 18.3. The van der Waals surface area contributed by atoms with Crippen LogP contribution in [0.2, 0.25) is 5.02 Å². The van der Waals surface area contributed by atoms with E-state index in [4.69, 9.17) is 13.0 Å². The Kier molecular flexibility index (Phi) is 15.1. The molecule has 6 heterocycles. The van der Waals surface area contributed by atoms with E-state index < -0.39 is 0 Å². The molecular weight excluding hydrogens is 1320 g/mol. The predicted octanol–water partition coefficient (Wildman–Crippen LogP) is 21.5. The lowest BCUT2D eigenvalue weighted by molar-refractivity contribution is 1.25. The Bertz CT molecular complexity index is 6130. The van der Waals surface area contributed by atoms with Crippen LogP contribution in [0.15, 0.2) is 388 Å². The predicted molar refractivity (Wildman–Crippen MR) is 457 cm³/mol. The molecule has 22 rings (SSSR count). The number of nitrogens with zero attached hydrogens (tertiary/aromatic N) is 6. The molecule has 502 valence electrons. The van der Waals surface area contributed by atoms with E-state index in [1.54, 1.807) is 0 Å². The van der Waals surface area contributed by atoms with Crippen LogP contribution in [0.5, 0.6) is 0 Å². The molecule has 107 heavy (non-hydrogen) atoms. The molecule has 0 saturated carbocycles. The third kappa shape index (κ3) is 9.99. The summed E-state index contributed by atoms with van der Waals surface area (Å²) in [4.78, 5) is 14.6. The average Bonchev–Trinajstić information content (AvgIpc) is 0.683. The smallest absolute Gasteiger partial charge is 0.329 e. The maximum atomic E-state index is 7.63. The van der Waals surface area contributed by atoms with Gasteiger partial charge in [-0.05, 0) is 194 Å². The average molecular weight is 1390 g/mol. The van der Waals surface area contributed by atoms with E-state index in [0.29, 0.717) is 5.02 Å². The largest absolute Gasteiger partial charge is 0.376 e. The molecule has 0 aliphatic carbocycles. The van der Waals surface area contributed by atoms with Gasteiger partial charge in [0.05, 0.1) is 16.4 Å². The molecule has 0 N–H and O–H groups in total. The van der Waals surface area contributed by atoms with Crippen molar-refractivity contribution in [2.75, 3.05) is 29.2 Å². The first-order chi connectivity index (χ1) is 53.6. The summed E-state index contributed by atoms with van der Waals surface area (Å²) in [5.41, 5.74) is 37.5. The molecule has 0 aromatic heterocycles. The monoisotopic (exact) mass is 1390 g/mol. The standard InChI is InChI=1S/C48H31B2N3.C48H33BClN3.CH4/c1-2-15-32(16-3-1)51-44-25-12-8-21-40(44)49-41-22-9-13-26-45(41)52(47-28-14-27-46(51)48(47)49)33-29-30-39-37(31-33)36-19-6-11-24-43(36)53-42-23-10-5-18-35(42)34-17-4-7-20-38(34)50(39)53;50-48-46(51(34-17-4-1-5-18-34)35-19-6-2-7-20-35)29-16-30-47(48)52(36-21-8-3-9-22-36)37-31-32-43-41(33-37)40-25-12-15-28-45(40)53-44-27-14-11-24-39(44)38-23-10-13-26-42(38)49(43)53;/h1-31H;1-33H;1H4/i;;1T. The zero-order valence-corrected chi connectivity index (χ0v) is 59.5. The summed E-state index contributed by atoms with van der Waals surface area (Å²) in [6.45, 7) is 0.219. The van der Waals surface area contributed by atoms with Gasteiger partial charge >= 0.3 is 13.7 Å². The summed E-state index contributed by atoms with van der Waals surface area (Å²) < 4.78 is 5.75. The van der Waals surface area contributed by atoms with Crippen LogP contribution < -0.4 is 67.5 Å². The number of halogens is 1. The number of hydrogen-bond donors (Lipinski definition) is 0. The number of benzene rings is 16. The van der Waals surface area contributed by atoms with Crippen molar-refractivity contribution < 1.29 is 1.37 Å². The van der Waals surface area contributed by atoms with E-state index in [9.17, 15) is 0 Å². The van der Waals surface area contributed by atoms with Crippen LogP contribution in [0.4, 0.5) is 91.0 Å². The van der Waals surface area contributed by atoms with E-state index in [0.717, 1.165) is 34.1 Å². The molecule has 0 bridgehead atoms. The van der Waals surface area contributed by atoms with E-state index in [-0.39, 0.29) is 20.4 Å². The first-order valence-electron chi connectivity index (χ1n) is 37.5. The van der Waals surface area contributed by atoms with Gasteiger partial charge in [0.25, 0.3) is 6.71 Å². The van der Waals surface area contributed by atoms with Crippen molar-refractivity contribution >= 4 is 161 Å². The summed E-state index contributed by atoms with van der Waals surface area (Å²) >= 11 is 7.63. The molecule has 16 aromatic carbocycles. The molecule has 0 spiro atoms. The van der Waals surface area contributed by atoms with Gasteiger partial charge in [-0.3, -0.25) is 0 Å². The van der Waals surface area contributed by atoms with Gasteiger partial charge in [0.2, 0.25) is 0 Å². The van der Waals surface area contributed by atoms with Gasteiger partial charge in [-0.1, -0.05) is 274 Å². The zero-order chi connectivity index (χ0) is 71.9. The van der Waals surface area contributed by atoms with Crippen LogP contribution >= 0.6 is 11.6 Å². The third-order valence-corrected chi connectivity index (χ3v) is 22.7. The zero-order valence-electron chi connectivity index (χ0n) is 59.7. The Balaban J connectivity index is 0.000000139. The second kappa shape index (κ2) is 25.9. The van der Waals surface area contributed by atoms with Crippen LogP contribution in [0.3, 0.4) is 0 Å². The highest BCUT2D eigenvalue weighted by Gasteiger charge is 2.47. The van der Waals surface area contributed by atoms with E-state index in [1.807, 2.05) is 12.1 Å². The fraction of sp³-hybridized carbons (Fsp3) is 0.0103. The summed E-state index contributed by atoms with van der Waals surface area (Å²) in [6.07, 6.45) is 0. The second-order valence-electron chi connectivity index (χ2n) is 27.9. The van der Waals surface area contributed by atoms with Crippen LogP contribution in [0, 0.1) is 0 Å². The molecule has 0 amide bonds. The van der Waals surface area contributed by atoms with Crippen molar-refractivity contribution in [2.24, 2.45) is 0 Å².